The molecule has 0 heterocycles. The minimum atomic E-state index is -0.946. The lowest BCUT2D eigenvalue weighted by molar-refractivity contribution is -0.125. The maximum atomic E-state index is 13.4. The molecule has 10 heteroatoms. The molecular formula is C31H36N3O7. The van der Waals surface area contributed by atoms with Crippen molar-refractivity contribution in [3.05, 3.63) is 84.3 Å². The summed E-state index contributed by atoms with van der Waals surface area (Å²) in [6.45, 7) is 2.05. The molecule has 0 aromatic heterocycles. The zero-order chi connectivity index (χ0) is 29.8. The molecule has 1 radical (unpaired) electrons. The SMILES string of the molecule is COc1cc(NC(=O)C(Cc2ccc(OCc3ccccc3)cc2)NC(=O)[CH]CC(C)C(N)=O)cc(OC)c1OC. The number of ether oxygens (including phenoxy) is 4. The highest BCUT2D eigenvalue weighted by Gasteiger charge is 2.24. The molecule has 0 aliphatic rings. The Morgan fingerprint density at radius 1 is 0.878 bits per heavy atom. The standard InChI is InChI=1S/C31H36N3O7/c1-20(30(32)36)10-15-28(35)34-25(31(37)33-23-17-26(38-2)29(40-4)27(18-23)39-3)16-21-11-13-24(14-12-21)41-19-22-8-6-5-7-9-22/h5-9,11-15,17-18,20,25H,10,16,19H2,1-4H3,(H2,32,36)(H,33,37)(H,34,35). The molecule has 41 heavy (non-hydrogen) atoms. The van der Waals surface area contributed by atoms with Gasteiger partial charge in [0.2, 0.25) is 23.5 Å². The number of hydrogen-bond acceptors (Lipinski definition) is 7. The molecule has 0 spiro atoms. The van der Waals surface area contributed by atoms with Gasteiger partial charge in [0.15, 0.2) is 11.5 Å². The molecular weight excluding hydrogens is 526 g/mol. The van der Waals surface area contributed by atoms with E-state index in [2.05, 4.69) is 10.6 Å². The first-order valence-corrected chi connectivity index (χ1v) is 13.0. The van der Waals surface area contributed by atoms with Crippen LogP contribution >= 0.6 is 0 Å². The molecule has 3 rings (SSSR count). The summed E-state index contributed by atoms with van der Waals surface area (Å²) in [4.78, 5) is 37.5. The molecule has 0 saturated carbocycles. The number of carbonyl (C=O) groups is 3. The summed E-state index contributed by atoms with van der Waals surface area (Å²) in [6, 6.07) is 19.4. The average molecular weight is 563 g/mol. The molecule has 3 aromatic carbocycles. The monoisotopic (exact) mass is 562 g/mol. The van der Waals surface area contributed by atoms with E-state index in [9.17, 15) is 14.4 Å². The third-order valence-corrected chi connectivity index (χ3v) is 6.32. The van der Waals surface area contributed by atoms with Crippen LogP contribution in [0.3, 0.4) is 0 Å². The van der Waals surface area contributed by atoms with Crippen molar-refractivity contribution < 1.29 is 33.3 Å². The topological polar surface area (TPSA) is 138 Å². The van der Waals surface area contributed by atoms with Crippen molar-refractivity contribution in [3.63, 3.8) is 0 Å². The molecule has 3 amide bonds. The number of primary amides is 1. The van der Waals surface area contributed by atoms with E-state index in [1.807, 2.05) is 54.6 Å². The Kier molecular flexibility index (Phi) is 11.4. The molecule has 217 valence electrons. The fourth-order valence-electron chi connectivity index (χ4n) is 3.92. The van der Waals surface area contributed by atoms with Crippen LogP contribution in [0.5, 0.6) is 23.0 Å². The van der Waals surface area contributed by atoms with Gasteiger partial charge < -0.3 is 35.3 Å². The van der Waals surface area contributed by atoms with Crippen molar-refractivity contribution in [2.45, 2.75) is 32.4 Å². The van der Waals surface area contributed by atoms with Crippen LogP contribution in [0, 0.1) is 12.3 Å². The fraction of sp³-hybridized carbons (Fsp3) is 0.290. The normalized spacial score (nSPS) is 12.0. The lowest BCUT2D eigenvalue weighted by Gasteiger charge is -2.20. The second kappa shape index (κ2) is 15.2. The summed E-state index contributed by atoms with van der Waals surface area (Å²) < 4.78 is 21.9. The van der Waals surface area contributed by atoms with Gasteiger partial charge in [-0.2, -0.15) is 0 Å². The molecule has 0 aliphatic carbocycles. The van der Waals surface area contributed by atoms with Gasteiger partial charge in [0, 0.05) is 30.2 Å². The van der Waals surface area contributed by atoms with E-state index in [4.69, 9.17) is 24.7 Å². The molecule has 0 saturated heterocycles. The number of anilines is 1. The molecule has 0 aliphatic heterocycles. The summed E-state index contributed by atoms with van der Waals surface area (Å²) in [5.74, 6) is -0.208. The van der Waals surface area contributed by atoms with E-state index in [0.717, 1.165) is 11.1 Å². The van der Waals surface area contributed by atoms with Crippen molar-refractivity contribution in [3.8, 4) is 23.0 Å². The summed E-state index contributed by atoms with van der Waals surface area (Å²) >= 11 is 0. The number of benzene rings is 3. The van der Waals surface area contributed by atoms with Gasteiger partial charge in [-0.3, -0.25) is 14.4 Å². The van der Waals surface area contributed by atoms with Crippen molar-refractivity contribution in [1.29, 1.82) is 0 Å². The van der Waals surface area contributed by atoms with Gasteiger partial charge >= 0.3 is 0 Å². The number of rotatable bonds is 15. The van der Waals surface area contributed by atoms with Crippen LogP contribution in [0.15, 0.2) is 66.7 Å². The largest absolute Gasteiger partial charge is 0.493 e. The summed E-state index contributed by atoms with van der Waals surface area (Å²) in [5, 5.41) is 5.56. The van der Waals surface area contributed by atoms with E-state index in [-0.39, 0.29) is 12.8 Å². The van der Waals surface area contributed by atoms with E-state index in [1.165, 1.54) is 27.8 Å². The highest BCUT2D eigenvalue weighted by molar-refractivity contribution is 5.99. The van der Waals surface area contributed by atoms with Gasteiger partial charge in [-0.25, -0.2) is 0 Å². The minimum absolute atomic E-state index is 0.149. The Morgan fingerprint density at radius 3 is 2.07 bits per heavy atom. The van der Waals surface area contributed by atoms with Crippen molar-refractivity contribution in [1.82, 2.24) is 5.32 Å². The van der Waals surface area contributed by atoms with Gasteiger partial charge in [0.05, 0.1) is 27.8 Å². The number of nitrogens with one attached hydrogen (secondary N) is 2. The van der Waals surface area contributed by atoms with Gasteiger partial charge in [0.25, 0.3) is 0 Å². The maximum Gasteiger partial charge on any atom is 0.247 e. The second-order valence-corrected chi connectivity index (χ2v) is 9.33. The molecule has 2 atom stereocenters. The first-order valence-electron chi connectivity index (χ1n) is 13.0. The zero-order valence-electron chi connectivity index (χ0n) is 23.6. The third kappa shape index (κ3) is 9.16. The Bertz CT molecular complexity index is 1290. The molecule has 4 N–H and O–H groups in total. The number of hydrogen-bond donors (Lipinski definition) is 3. The van der Waals surface area contributed by atoms with Gasteiger partial charge in [-0.05, 0) is 29.7 Å². The smallest absolute Gasteiger partial charge is 0.247 e. The summed E-state index contributed by atoms with van der Waals surface area (Å²) in [7, 11) is 4.43. The highest BCUT2D eigenvalue weighted by Crippen LogP contribution is 2.40. The lowest BCUT2D eigenvalue weighted by atomic mass is 10.0. The zero-order valence-corrected chi connectivity index (χ0v) is 23.6. The van der Waals surface area contributed by atoms with Crippen LogP contribution in [-0.4, -0.2) is 45.1 Å². The Labute approximate surface area is 240 Å². The van der Waals surface area contributed by atoms with Crippen LogP contribution in [0.4, 0.5) is 5.69 Å². The molecule has 2 unspecified atom stereocenters. The summed E-state index contributed by atoms with van der Waals surface area (Å²) in [5.41, 5.74) is 7.53. The first kappa shape index (κ1) is 30.8. The fourth-order valence-corrected chi connectivity index (χ4v) is 3.92. The Balaban J connectivity index is 1.75. The van der Waals surface area contributed by atoms with Crippen molar-refractivity contribution >= 4 is 23.4 Å². The minimum Gasteiger partial charge on any atom is -0.493 e. The number of nitrogens with two attached hydrogens (primary N) is 1. The van der Waals surface area contributed by atoms with Crippen LogP contribution in [-0.2, 0) is 27.4 Å². The molecule has 3 aromatic rings. The van der Waals surface area contributed by atoms with E-state index in [0.29, 0.717) is 35.3 Å². The molecule has 0 fully saturated rings. The third-order valence-electron chi connectivity index (χ3n) is 6.32. The van der Waals surface area contributed by atoms with Gasteiger partial charge in [-0.15, -0.1) is 0 Å². The van der Waals surface area contributed by atoms with Gasteiger partial charge in [-0.1, -0.05) is 49.4 Å². The van der Waals surface area contributed by atoms with Crippen molar-refractivity contribution in [2.75, 3.05) is 26.6 Å². The highest BCUT2D eigenvalue weighted by atomic mass is 16.5. The number of methoxy groups -OCH3 is 3. The molecule has 0 bridgehead atoms. The number of carbonyl (C=O) groups excluding carboxylic acids is 3. The Hall–Kier alpha value is -4.73. The Morgan fingerprint density at radius 2 is 1.51 bits per heavy atom. The van der Waals surface area contributed by atoms with Crippen molar-refractivity contribution in [2.24, 2.45) is 11.7 Å². The average Bonchev–Trinajstić information content (AvgIpc) is 2.98. The van der Waals surface area contributed by atoms with E-state index in [1.54, 1.807) is 19.1 Å². The van der Waals surface area contributed by atoms with Gasteiger partial charge in [0.1, 0.15) is 18.4 Å². The number of amides is 3. The first-order chi connectivity index (χ1) is 19.7. The predicted octanol–water partition coefficient (Wildman–Crippen LogP) is 3.67. The van der Waals surface area contributed by atoms with Crippen LogP contribution in [0.2, 0.25) is 0 Å². The summed E-state index contributed by atoms with van der Waals surface area (Å²) in [6.07, 6.45) is 1.66. The van der Waals surface area contributed by atoms with Crippen LogP contribution in [0.25, 0.3) is 0 Å². The molecule has 10 nitrogen and oxygen atoms in total. The van der Waals surface area contributed by atoms with E-state index < -0.39 is 29.7 Å². The lowest BCUT2D eigenvalue weighted by Crippen LogP contribution is -2.45. The second-order valence-electron chi connectivity index (χ2n) is 9.33. The quantitative estimate of drug-likeness (QED) is 0.257. The van der Waals surface area contributed by atoms with Crippen LogP contribution in [0.1, 0.15) is 24.5 Å². The predicted molar refractivity (Wildman–Crippen MR) is 155 cm³/mol. The maximum absolute atomic E-state index is 13.4. The van der Waals surface area contributed by atoms with Crippen LogP contribution < -0.4 is 35.3 Å². The van der Waals surface area contributed by atoms with E-state index >= 15 is 0 Å².